The number of ether oxygens (including phenoxy) is 1. The Balaban J connectivity index is 2.46. The van der Waals surface area contributed by atoms with Crippen molar-refractivity contribution in [2.75, 3.05) is 25.5 Å². The van der Waals surface area contributed by atoms with E-state index in [1.807, 2.05) is 0 Å². The van der Waals surface area contributed by atoms with Gasteiger partial charge in [-0.3, -0.25) is 0 Å². The van der Waals surface area contributed by atoms with Crippen LogP contribution in [-0.4, -0.2) is 49.7 Å². The van der Waals surface area contributed by atoms with Gasteiger partial charge in [0.05, 0.1) is 25.0 Å². The van der Waals surface area contributed by atoms with Crippen molar-refractivity contribution >= 4 is 47.6 Å². The van der Waals surface area contributed by atoms with E-state index in [2.05, 4.69) is 31.9 Å². The zero-order valence-electron chi connectivity index (χ0n) is 11.3. The van der Waals surface area contributed by atoms with E-state index >= 15 is 0 Å². The van der Waals surface area contributed by atoms with Gasteiger partial charge in [-0.2, -0.15) is 4.31 Å². The van der Waals surface area contributed by atoms with Gasteiger partial charge in [-0.05, 0) is 35.0 Å². The van der Waals surface area contributed by atoms with Crippen molar-refractivity contribution in [3.8, 4) is 0 Å². The molecule has 2 rings (SSSR count). The number of hydrogen-bond acceptors (Lipinski definition) is 5. The van der Waals surface area contributed by atoms with Crippen molar-refractivity contribution in [1.82, 2.24) is 4.31 Å². The molecule has 1 aliphatic rings. The van der Waals surface area contributed by atoms with Crippen molar-refractivity contribution in [3.63, 3.8) is 0 Å². The highest BCUT2D eigenvalue weighted by Gasteiger charge is 2.37. The number of rotatable bonds is 3. The summed E-state index contributed by atoms with van der Waals surface area (Å²) in [7, 11) is -3.78. The Kier molecular flexibility index (Phi) is 5.32. The summed E-state index contributed by atoms with van der Waals surface area (Å²) in [5.41, 5.74) is 6.04. The lowest BCUT2D eigenvalue weighted by Crippen LogP contribution is -2.52. The lowest BCUT2D eigenvalue weighted by Gasteiger charge is -2.36. The van der Waals surface area contributed by atoms with E-state index in [0.29, 0.717) is 8.95 Å². The number of nitrogens with zero attached hydrogens (tertiary/aromatic N) is 1. The molecular weight excluding hydrogens is 428 g/mol. The van der Waals surface area contributed by atoms with E-state index < -0.39 is 16.1 Å². The standard InChI is InChI=1S/C12H16Br2N2O4S/c1-7-6-20-9(5-17)4-16(7)21(18,19)12-10(14)2-8(13)3-11(12)15/h2-3,7,9,17H,4-6,15H2,1H3. The molecular formula is C12H16Br2N2O4S. The number of aliphatic hydroxyl groups excluding tert-OH is 1. The lowest BCUT2D eigenvalue weighted by molar-refractivity contribution is -0.0516. The van der Waals surface area contributed by atoms with E-state index in [0.717, 1.165) is 0 Å². The third kappa shape index (κ3) is 3.43. The first kappa shape index (κ1) is 17.2. The van der Waals surface area contributed by atoms with Crippen molar-refractivity contribution in [2.45, 2.75) is 24.0 Å². The molecule has 0 bridgehead atoms. The Hall–Kier alpha value is -0.190. The Bertz CT molecular complexity index is 615. The molecule has 2 atom stereocenters. The molecule has 1 aromatic carbocycles. The van der Waals surface area contributed by atoms with Crippen LogP contribution in [0.5, 0.6) is 0 Å². The van der Waals surface area contributed by atoms with E-state index in [1.165, 1.54) is 4.31 Å². The van der Waals surface area contributed by atoms with E-state index in [9.17, 15) is 13.5 Å². The van der Waals surface area contributed by atoms with Crippen LogP contribution in [-0.2, 0) is 14.8 Å². The number of morpholine rings is 1. The second kappa shape index (κ2) is 6.51. The average molecular weight is 444 g/mol. The molecule has 1 aromatic rings. The second-order valence-electron chi connectivity index (χ2n) is 4.87. The van der Waals surface area contributed by atoms with E-state index in [4.69, 9.17) is 10.5 Å². The molecule has 1 heterocycles. The molecule has 0 aliphatic carbocycles. The summed E-state index contributed by atoms with van der Waals surface area (Å²) in [5, 5.41) is 9.19. The smallest absolute Gasteiger partial charge is 0.246 e. The molecule has 118 valence electrons. The first-order valence-electron chi connectivity index (χ1n) is 6.26. The molecule has 1 fully saturated rings. The SMILES string of the molecule is CC1COC(CO)CN1S(=O)(=O)c1c(N)cc(Br)cc1Br. The highest BCUT2D eigenvalue weighted by atomic mass is 79.9. The quantitative estimate of drug-likeness (QED) is 0.691. The fraction of sp³-hybridized carbons (Fsp3) is 0.500. The molecule has 0 radical (unpaired) electrons. The van der Waals surface area contributed by atoms with Crippen molar-refractivity contribution in [2.24, 2.45) is 0 Å². The number of sulfonamides is 1. The third-order valence-electron chi connectivity index (χ3n) is 3.26. The van der Waals surface area contributed by atoms with Crippen molar-refractivity contribution in [3.05, 3.63) is 21.1 Å². The van der Waals surface area contributed by atoms with Gasteiger partial charge in [-0.25, -0.2) is 8.42 Å². The van der Waals surface area contributed by atoms with Gasteiger partial charge in [-0.15, -0.1) is 0 Å². The number of benzene rings is 1. The topological polar surface area (TPSA) is 92.9 Å². The molecule has 3 N–H and O–H groups in total. The molecule has 0 saturated carbocycles. The van der Waals surface area contributed by atoms with Crippen LogP contribution in [0.25, 0.3) is 0 Å². The monoisotopic (exact) mass is 442 g/mol. The van der Waals surface area contributed by atoms with Crippen LogP contribution < -0.4 is 5.73 Å². The molecule has 1 aliphatic heterocycles. The summed E-state index contributed by atoms with van der Waals surface area (Å²) in [5.74, 6) is 0. The van der Waals surface area contributed by atoms with Gasteiger partial charge in [-0.1, -0.05) is 15.9 Å². The molecule has 1 saturated heterocycles. The Morgan fingerprint density at radius 3 is 2.71 bits per heavy atom. The van der Waals surface area contributed by atoms with Crippen LogP contribution >= 0.6 is 31.9 Å². The van der Waals surface area contributed by atoms with Gasteiger partial charge in [0.15, 0.2) is 0 Å². The van der Waals surface area contributed by atoms with Crippen LogP contribution in [0, 0.1) is 0 Å². The highest BCUT2D eigenvalue weighted by Crippen LogP contribution is 2.35. The number of nitrogen functional groups attached to an aromatic ring is 1. The fourth-order valence-electron chi connectivity index (χ4n) is 2.21. The van der Waals surface area contributed by atoms with Gasteiger partial charge in [0, 0.05) is 21.5 Å². The summed E-state index contributed by atoms with van der Waals surface area (Å²) < 4.78 is 33.5. The Morgan fingerprint density at radius 2 is 2.14 bits per heavy atom. The van der Waals surface area contributed by atoms with Gasteiger partial charge in [0.2, 0.25) is 10.0 Å². The predicted molar refractivity (Wildman–Crippen MR) is 86.4 cm³/mol. The minimum absolute atomic E-state index is 0.0381. The predicted octanol–water partition coefficient (Wildman–Crippen LogP) is 1.56. The summed E-state index contributed by atoms with van der Waals surface area (Å²) in [6.45, 7) is 1.87. The summed E-state index contributed by atoms with van der Waals surface area (Å²) in [6, 6.07) is 2.86. The van der Waals surface area contributed by atoms with Crippen LogP contribution in [0.15, 0.2) is 26.0 Å². The van der Waals surface area contributed by atoms with Crippen LogP contribution in [0.3, 0.4) is 0 Å². The van der Waals surface area contributed by atoms with Gasteiger partial charge < -0.3 is 15.6 Å². The lowest BCUT2D eigenvalue weighted by atomic mass is 10.2. The maximum atomic E-state index is 12.9. The Morgan fingerprint density at radius 1 is 1.48 bits per heavy atom. The number of aliphatic hydroxyl groups is 1. The minimum Gasteiger partial charge on any atom is -0.398 e. The molecule has 0 amide bonds. The van der Waals surface area contributed by atoms with Gasteiger partial charge in [0.1, 0.15) is 4.90 Å². The normalized spacial score (nSPS) is 24.2. The fourth-order valence-corrected chi connectivity index (χ4v) is 5.87. The molecule has 21 heavy (non-hydrogen) atoms. The molecule has 0 spiro atoms. The minimum atomic E-state index is -3.78. The summed E-state index contributed by atoms with van der Waals surface area (Å²) in [4.78, 5) is 0.0381. The first-order valence-corrected chi connectivity index (χ1v) is 9.28. The van der Waals surface area contributed by atoms with E-state index in [1.54, 1.807) is 19.1 Å². The molecule has 2 unspecified atom stereocenters. The average Bonchev–Trinajstić information content (AvgIpc) is 2.37. The van der Waals surface area contributed by atoms with Crippen LogP contribution in [0.2, 0.25) is 0 Å². The largest absolute Gasteiger partial charge is 0.398 e. The maximum Gasteiger partial charge on any atom is 0.246 e. The van der Waals surface area contributed by atoms with Crippen LogP contribution in [0.1, 0.15) is 6.92 Å². The number of hydrogen-bond donors (Lipinski definition) is 2. The van der Waals surface area contributed by atoms with Gasteiger partial charge in [0.25, 0.3) is 0 Å². The summed E-state index contributed by atoms with van der Waals surface area (Å²) in [6.07, 6.45) is -0.522. The van der Waals surface area contributed by atoms with Crippen molar-refractivity contribution < 1.29 is 18.3 Å². The number of nitrogens with two attached hydrogens (primary N) is 1. The third-order valence-corrected chi connectivity index (χ3v) is 6.70. The summed E-state index contributed by atoms with van der Waals surface area (Å²) >= 11 is 6.53. The first-order chi connectivity index (χ1) is 9.77. The Labute approximate surface area is 140 Å². The zero-order valence-corrected chi connectivity index (χ0v) is 15.3. The zero-order chi connectivity index (χ0) is 15.8. The van der Waals surface area contributed by atoms with Crippen LogP contribution in [0.4, 0.5) is 5.69 Å². The van der Waals surface area contributed by atoms with Gasteiger partial charge >= 0.3 is 0 Å². The molecule has 9 heteroatoms. The molecule has 0 aromatic heterocycles. The highest BCUT2D eigenvalue weighted by molar-refractivity contribution is 9.11. The number of anilines is 1. The maximum absolute atomic E-state index is 12.9. The number of halogens is 2. The van der Waals surface area contributed by atoms with Crippen molar-refractivity contribution in [1.29, 1.82) is 0 Å². The van der Waals surface area contributed by atoms with E-state index in [-0.39, 0.29) is 36.4 Å². The second-order valence-corrected chi connectivity index (χ2v) is 8.47. The molecule has 6 nitrogen and oxygen atoms in total.